The molecule has 0 bridgehead atoms. The molecule has 156 valence electrons. The number of nitrogens with zero attached hydrogens (tertiary/aromatic N) is 4. The summed E-state index contributed by atoms with van der Waals surface area (Å²) in [5, 5.41) is 0. The molecule has 1 aliphatic heterocycles. The zero-order valence-corrected chi connectivity index (χ0v) is 17.5. The van der Waals surface area contributed by atoms with Crippen LogP contribution >= 0.6 is 0 Å². The van der Waals surface area contributed by atoms with Gasteiger partial charge in [-0.1, -0.05) is 26.0 Å². The van der Waals surface area contributed by atoms with Crippen molar-refractivity contribution in [3.8, 4) is 17.1 Å². The van der Waals surface area contributed by atoms with Crippen molar-refractivity contribution in [3.63, 3.8) is 0 Å². The third-order valence-electron chi connectivity index (χ3n) is 4.70. The van der Waals surface area contributed by atoms with Crippen LogP contribution in [0.15, 0.2) is 41.4 Å². The minimum atomic E-state index is -0.362. The quantitative estimate of drug-likeness (QED) is 0.685. The maximum atomic E-state index is 14.0. The van der Waals surface area contributed by atoms with Crippen LogP contribution in [0.4, 0.5) is 10.3 Å². The maximum absolute atomic E-state index is 14.0. The lowest BCUT2D eigenvalue weighted by Gasteiger charge is -2.24. The van der Waals surface area contributed by atoms with E-state index in [1.165, 1.54) is 19.2 Å². The van der Waals surface area contributed by atoms with E-state index in [2.05, 4.69) is 19.9 Å². The van der Waals surface area contributed by atoms with Gasteiger partial charge in [0.1, 0.15) is 11.7 Å². The van der Waals surface area contributed by atoms with Crippen LogP contribution in [0.5, 0.6) is 5.88 Å². The molecule has 8 heteroatoms. The second-order valence-corrected chi connectivity index (χ2v) is 6.52. The van der Waals surface area contributed by atoms with Crippen molar-refractivity contribution in [2.75, 3.05) is 12.8 Å². The van der Waals surface area contributed by atoms with Gasteiger partial charge in [-0.15, -0.1) is 0 Å². The third-order valence-corrected chi connectivity index (χ3v) is 4.70. The van der Waals surface area contributed by atoms with Gasteiger partial charge in [0.25, 0.3) is 0 Å². The van der Waals surface area contributed by atoms with Crippen LogP contribution in [-0.4, -0.2) is 27.9 Å². The molecule has 0 radical (unpaired) electrons. The van der Waals surface area contributed by atoms with E-state index in [1.807, 2.05) is 20.8 Å². The molecule has 0 amide bonds. The summed E-state index contributed by atoms with van der Waals surface area (Å²) in [7, 11) is 1.54. The SMILES string of the molecule is CC.COc1cccc(-c2cc(F)ccc2C2Cc3nc(N)nc(C)c3C(N)=N2)n1. The third kappa shape index (κ3) is 4.07. The minimum absolute atomic E-state index is 0.193. The molecule has 0 saturated heterocycles. The van der Waals surface area contributed by atoms with Crippen molar-refractivity contribution in [1.82, 2.24) is 15.0 Å². The number of aliphatic imine (C=N–C) groups is 1. The number of hydrogen-bond donors (Lipinski definition) is 2. The predicted octanol–water partition coefficient (Wildman–Crippen LogP) is 3.61. The molecule has 1 atom stereocenters. The van der Waals surface area contributed by atoms with Crippen LogP contribution in [0.1, 0.15) is 42.4 Å². The van der Waals surface area contributed by atoms with Gasteiger partial charge in [0.2, 0.25) is 11.8 Å². The first kappa shape index (κ1) is 21.2. The zero-order valence-electron chi connectivity index (χ0n) is 17.5. The fourth-order valence-electron chi connectivity index (χ4n) is 3.50. The number of nitrogen functional groups attached to an aromatic ring is 1. The van der Waals surface area contributed by atoms with Crippen LogP contribution in [0.3, 0.4) is 0 Å². The number of hydrogen-bond acceptors (Lipinski definition) is 7. The van der Waals surface area contributed by atoms with Crippen molar-refractivity contribution in [2.45, 2.75) is 33.2 Å². The van der Waals surface area contributed by atoms with Crippen LogP contribution < -0.4 is 16.2 Å². The summed E-state index contributed by atoms with van der Waals surface area (Å²) in [4.78, 5) is 17.6. The lowest BCUT2D eigenvalue weighted by molar-refractivity contribution is 0.398. The Labute approximate surface area is 175 Å². The Morgan fingerprint density at radius 2 is 1.83 bits per heavy atom. The number of methoxy groups -OCH3 is 1. The Balaban J connectivity index is 0.00000124. The Morgan fingerprint density at radius 1 is 1.07 bits per heavy atom. The van der Waals surface area contributed by atoms with Gasteiger partial charge < -0.3 is 16.2 Å². The molecule has 2 aromatic heterocycles. The first-order valence-electron chi connectivity index (χ1n) is 9.73. The van der Waals surface area contributed by atoms with Crippen molar-refractivity contribution >= 4 is 11.8 Å². The van der Waals surface area contributed by atoms with Gasteiger partial charge >= 0.3 is 0 Å². The van der Waals surface area contributed by atoms with Crippen LogP contribution in [-0.2, 0) is 6.42 Å². The Bertz CT molecular complexity index is 1100. The Kier molecular flexibility index (Phi) is 6.25. The molecule has 1 unspecified atom stereocenters. The number of aryl methyl sites for hydroxylation is 1. The summed E-state index contributed by atoms with van der Waals surface area (Å²) in [5.41, 5.74) is 16.2. The number of aromatic nitrogens is 3. The highest BCUT2D eigenvalue weighted by Crippen LogP contribution is 2.35. The fraction of sp³-hybridized carbons (Fsp3) is 0.273. The summed E-state index contributed by atoms with van der Waals surface area (Å²) in [5.74, 6) is 0.621. The van der Waals surface area contributed by atoms with Gasteiger partial charge in [-0.25, -0.2) is 19.3 Å². The highest BCUT2D eigenvalue weighted by molar-refractivity contribution is 6.00. The van der Waals surface area contributed by atoms with E-state index in [0.717, 1.165) is 11.3 Å². The highest BCUT2D eigenvalue weighted by Gasteiger charge is 2.27. The number of anilines is 1. The van der Waals surface area contributed by atoms with Crippen molar-refractivity contribution in [3.05, 3.63) is 64.7 Å². The molecule has 0 aliphatic carbocycles. The average Bonchev–Trinajstić information content (AvgIpc) is 2.74. The fourth-order valence-corrected chi connectivity index (χ4v) is 3.50. The molecule has 7 nitrogen and oxygen atoms in total. The average molecular weight is 408 g/mol. The summed E-state index contributed by atoms with van der Waals surface area (Å²) in [6.07, 6.45) is 0.478. The Morgan fingerprint density at radius 3 is 2.57 bits per heavy atom. The topological polar surface area (TPSA) is 112 Å². The normalized spacial score (nSPS) is 14.8. The van der Waals surface area contributed by atoms with E-state index >= 15 is 0 Å². The zero-order chi connectivity index (χ0) is 21.8. The first-order valence-corrected chi connectivity index (χ1v) is 9.73. The van der Waals surface area contributed by atoms with Crippen molar-refractivity contribution in [2.24, 2.45) is 10.7 Å². The number of pyridine rings is 1. The summed E-state index contributed by atoms with van der Waals surface area (Å²) in [6.45, 7) is 5.82. The lowest BCUT2D eigenvalue weighted by Crippen LogP contribution is -2.26. The van der Waals surface area contributed by atoms with Crippen LogP contribution in [0.2, 0.25) is 0 Å². The van der Waals surface area contributed by atoms with Gasteiger partial charge in [-0.05, 0) is 30.7 Å². The number of amidine groups is 1. The van der Waals surface area contributed by atoms with Crippen molar-refractivity contribution in [1.29, 1.82) is 0 Å². The van der Waals surface area contributed by atoms with E-state index in [9.17, 15) is 4.39 Å². The van der Waals surface area contributed by atoms with E-state index in [1.54, 1.807) is 24.3 Å². The molecular formula is C22H25FN6O. The monoisotopic (exact) mass is 408 g/mol. The first-order chi connectivity index (χ1) is 14.5. The molecule has 1 aromatic carbocycles. The smallest absolute Gasteiger partial charge is 0.220 e. The number of ether oxygens (including phenoxy) is 1. The number of fused-ring (bicyclic) bond motifs is 1. The van der Waals surface area contributed by atoms with Gasteiger partial charge in [0, 0.05) is 18.1 Å². The molecule has 0 spiro atoms. The number of halogens is 1. The molecule has 4 rings (SSSR count). The molecule has 30 heavy (non-hydrogen) atoms. The Hall–Kier alpha value is -3.55. The standard InChI is InChI=1S/C20H19FN6O.C2H6/c1-10-18-16(27-20(23)24-10)9-15(26-19(18)22)12-7-6-11(21)8-13(12)14-4-3-5-17(25-14)28-2;1-2/h3-8,15H,9H2,1-2H3,(H2,22,26)(H2,23,24,27);1-2H3. The van der Waals surface area contributed by atoms with Gasteiger partial charge in [-0.2, -0.15) is 0 Å². The molecule has 3 heterocycles. The van der Waals surface area contributed by atoms with Gasteiger partial charge in [0.15, 0.2) is 0 Å². The van der Waals surface area contributed by atoms with E-state index < -0.39 is 0 Å². The maximum Gasteiger partial charge on any atom is 0.220 e. The van der Waals surface area contributed by atoms with E-state index in [-0.39, 0.29) is 17.8 Å². The number of benzene rings is 1. The highest BCUT2D eigenvalue weighted by atomic mass is 19.1. The second-order valence-electron chi connectivity index (χ2n) is 6.52. The minimum Gasteiger partial charge on any atom is -0.481 e. The van der Waals surface area contributed by atoms with Crippen LogP contribution in [0, 0.1) is 12.7 Å². The molecule has 1 aliphatic rings. The summed E-state index contributed by atoms with van der Waals surface area (Å²) >= 11 is 0. The molecule has 0 fully saturated rings. The lowest BCUT2D eigenvalue weighted by atomic mass is 9.91. The second kappa shape index (κ2) is 8.86. The van der Waals surface area contributed by atoms with Crippen molar-refractivity contribution < 1.29 is 9.13 Å². The van der Waals surface area contributed by atoms with E-state index in [4.69, 9.17) is 16.2 Å². The van der Waals surface area contributed by atoms with Gasteiger partial charge in [0.05, 0.1) is 35.8 Å². The predicted molar refractivity (Wildman–Crippen MR) is 116 cm³/mol. The summed E-state index contributed by atoms with van der Waals surface area (Å²) in [6, 6.07) is 9.55. The largest absolute Gasteiger partial charge is 0.481 e. The summed E-state index contributed by atoms with van der Waals surface area (Å²) < 4.78 is 19.2. The number of rotatable bonds is 3. The van der Waals surface area contributed by atoms with E-state index in [0.29, 0.717) is 40.7 Å². The molecule has 4 N–H and O–H groups in total. The molecule has 0 saturated carbocycles. The van der Waals surface area contributed by atoms with Gasteiger partial charge in [-0.3, -0.25) is 4.99 Å². The molecular weight excluding hydrogens is 383 g/mol. The molecule has 3 aromatic rings. The number of nitrogens with two attached hydrogens (primary N) is 2. The van der Waals surface area contributed by atoms with Crippen LogP contribution in [0.25, 0.3) is 11.3 Å².